The summed E-state index contributed by atoms with van der Waals surface area (Å²) in [6, 6.07) is 19.7. The monoisotopic (exact) mass is 383 g/mol. The van der Waals surface area contributed by atoms with Gasteiger partial charge in [0.25, 0.3) is 0 Å². The summed E-state index contributed by atoms with van der Waals surface area (Å²) in [6.45, 7) is 2.52. The topological polar surface area (TPSA) is 54.2 Å². The first-order valence-corrected chi connectivity index (χ1v) is 8.85. The second kappa shape index (κ2) is 8.60. The molecule has 0 aliphatic carbocycles. The van der Waals surface area contributed by atoms with E-state index in [9.17, 15) is 0 Å². The van der Waals surface area contributed by atoms with Gasteiger partial charge >= 0.3 is 0 Å². The maximum Gasteiger partial charge on any atom is 0.187 e. The molecule has 5 nitrogen and oxygen atoms in total. The lowest BCUT2D eigenvalue weighted by molar-refractivity contribution is 0.863. The highest BCUT2D eigenvalue weighted by atomic mass is 35.5. The molecule has 0 amide bonds. The van der Waals surface area contributed by atoms with Gasteiger partial charge in [-0.25, -0.2) is 4.68 Å². The standard InChI is InChI=1S/C19H18ClN5S/c1-14-17(18(20)25(24-14)16-10-6-3-7-11-16)13-22-23-19(26)21-12-15-8-4-2-5-9-15/h2-11,13H,12H2,1H3,(H2,21,23,26). The molecule has 7 heteroatoms. The zero-order chi connectivity index (χ0) is 18.4. The molecule has 0 aliphatic rings. The largest absolute Gasteiger partial charge is 0.357 e. The number of nitrogens with zero attached hydrogens (tertiary/aromatic N) is 3. The third-order valence-electron chi connectivity index (χ3n) is 3.70. The third-order valence-corrected chi connectivity index (χ3v) is 4.30. The second-order valence-electron chi connectivity index (χ2n) is 5.58. The molecule has 0 saturated heterocycles. The molecule has 3 aromatic rings. The van der Waals surface area contributed by atoms with E-state index in [0.717, 1.165) is 22.5 Å². The van der Waals surface area contributed by atoms with Crippen LogP contribution in [-0.4, -0.2) is 21.1 Å². The molecule has 1 aromatic heterocycles. The first-order chi connectivity index (χ1) is 12.6. The molecule has 132 valence electrons. The van der Waals surface area contributed by atoms with Crippen LogP contribution >= 0.6 is 23.8 Å². The third kappa shape index (κ3) is 4.47. The highest BCUT2D eigenvalue weighted by molar-refractivity contribution is 7.80. The van der Waals surface area contributed by atoms with Crippen LogP contribution in [0.3, 0.4) is 0 Å². The van der Waals surface area contributed by atoms with Gasteiger partial charge in [0.05, 0.1) is 23.2 Å². The second-order valence-corrected chi connectivity index (χ2v) is 6.34. The van der Waals surface area contributed by atoms with Crippen LogP contribution in [-0.2, 0) is 6.54 Å². The molecule has 0 atom stereocenters. The highest BCUT2D eigenvalue weighted by Crippen LogP contribution is 2.21. The smallest absolute Gasteiger partial charge is 0.187 e. The Morgan fingerprint density at radius 3 is 2.50 bits per heavy atom. The van der Waals surface area contributed by atoms with Gasteiger partial charge < -0.3 is 5.32 Å². The van der Waals surface area contributed by atoms with E-state index in [1.54, 1.807) is 10.9 Å². The molecular formula is C19H18ClN5S. The van der Waals surface area contributed by atoms with Crippen molar-refractivity contribution in [3.8, 4) is 5.69 Å². The van der Waals surface area contributed by atoms with Crippen molar-refractivity contribution in [1.29, 1.82) is 0 Å². The van der Waals surface area contributed by atoms with Crippen molar-refractivity contribution >= 4 is 35.1 Å². The summed E-state index contributed by atoms with van der Waals surface area (Å²) in [4.78, 5) is 0. The lowest BCUT2D eigenvalue weighted by Gasteiger charge is -2.06. The zero-order valence-electron chi connectivity index (χ0n) is 14.2. The molecule has 0 radical (unpaired) electrons. The molecule has 0 unspecified atom stereocenters. The molecule has 0 fully saturated rings. The number of benzene rings is 2. The zero-order valence-corrected chi connectivity index (χ0v) is 15.8. The first-order valence-electron chi connectivity index (χ1n) is 8.06. The SMILES string of the molecule is Cc1nn(-c2ccccc2)c(Cl)c1C=NNC(=S)NCc1ccccc1. The van der Waals surface area contributed by atoms with Crippen LogP contribution in [0, 0.1) is 6.92 Å². The van der Waals surface area contributed by atoms with Gasteiger partial charge in [0, 0.05) is 6.54 Å². The lowest BCUT2D eigenvalue weighted by atomic mass is 10.2. The summed E-state index contributed by atoms with van der Waals surface area (Å²) in [5.74, 6) is 0. The average Bonchev–Trinajstić information content (AvgIpc) is 2.96. The number of aromatic nitrogens is 2. The van der Waals surface area contributed by atoms with Crippen LogP contribution in [0.15, 0.2) is 65.8 Å². The van der Waals surface area contributed by atoms with Crippen molar-refractivity contribution < 1.29 is 0 Å². The number of hydrogen-bond donors (Lipinski definition) is 2. The fraction of sp³-hybridized carbons (Fsp3) is 0.105. The van der Waals surface area contributed by atoms with Gasteiger partial charge in [-0.3, -0.25) is 5.43 Å². The van der Waals surface area contributed by atoms with Gasteiger partial charge in [0.2, 0.25) is 0 Å². The summed E-state index contributed by atoms with van der Waals surface area (Å²) in [6.07, 6.45) is 1.63. The van der Waals surface area contributed by atoms with Crippen molar-refractivity contribution in [2.45, 2.75) is 13.5 Å². The fourth-order valence-corrected chi connectivity index (χ4v) is 2.82. The predicted octanol–water partition coefficient (Wildman–Crippen LogP) is 3.83. The minimum Gasteiger partial charge on any atom is -0.357 e. The first kappa shape index (κ1) is 18.1. The van der Waals surface area contributed by atoms with Crippen molar-refractivity contribution in [3.63, 3.8) is 0 Å². The van der Waals surface area contributed by atoms with Gasteiger partial charge in [-0.2, -0.15) is 10.2 Å². The fourth-order valence-electron chi connectivity index (χ4n) is 2.37. The van der Waals surface area contributed by atoms with E-state index in [0.29, 0.717) is 16.8 Å². The summed E-state index contributed by atoms with van der Waals surface area (Å²) in [5, 5.41) is 12.7. The van der Waals surface area contributed by atoms with E-state index >= 15 is 0 Å². The van der Waals surface area contributed by atoms with E-state index in [2.05, 4.69) is 20.9 Å². The van der Waals surface area contributed by atoms with Crippen LogP contribution in [0.4, 0.5) is 0 Å². The Kier molecular flexibility index (Phi) is 5.99. The van der Waals surface area contributed by atoms with Crippen LogP contribution in [0.2, 0.25) is 5.15 Å². The van der Waals surface area contributed by atoms with E-state index < -0.39 is 0 Å². The number of halogens is 1. The van der Waals surface area contributed by atoms with E-state index in [1.807, 2.05) is 67.6 Å². The highest BCUT2D eigenvalue weighted by Gasteiger charge is 2.12. The van der Waals surface area contributed by atoms with Gasteiger partial charge in [-0.05, 0) is 36.8 Å². The summed E-state index contributed by atoms with van der Waals surface area (Å²) < 4.78 is 1.68. The van der Waals surface area contributed by atoms with Gasteiger partial charge in [-0.15, -0.1) is 0 Å². The molecule has 26 heavy (non-hydrogen) atoms. The quantitative estimate of drug-likeness (QED) is 0.399. The molecule has 0 bridgehead atoms. The Labute approximate surface area is 162 Å². The van der Waals surface area contributed by atoms with Gasteiger partial charge in [0.15, 0.2) is 5.11 Å². The predicted molar refractivity (Wildman–Crippen MR) is 110 cm³/mol. The molecule has 0 saturated carbocycles. The number of rotatable bonds is 5. The molecule has 3 rings (SSSR count). The summed E-state index contributed by atoms with van der Waals surface area (Å²) in [5.41, 5.74) is 6.37. The Bertz CT molecular complexity index is 906. The van der Waals surface area contributed by atoms with Crippen LogP contribution < -0.4 is 10.7 Å². The van der Waals surface area contributed by atoms with Crippen molar-refractivity contribution in [2.24, 2.45) is 5.10 Å². The van der Waals surface area contributed by atoms with Gasteiger partial charge in [0.1, 0.15) is 5.15 Å². The molecule has 2 aromatic carbocycles. The Hall–Kier alpha value is -2.70. The van der Waals surface area contributed by atoms with Crippen LogP contribution in [0.25, 0.3) is 5.69 Å². The number of hydrogen-bond acceptors (Lipinski definition) is 3. The Morgan fingerprint density at radius 2 is 1.81 bits per heavy atom. The molecule has 2 N–H and O–H groups in total. The van der Waals surface area contributed by atoms with Crippen LogP contribution in [0.1, 0.15) is 16.8 Å². The number of para-hydroxylation sites is 1. The molecule has 0 spiro atoms. The normalized spacial score (nSPS) is 10.8. The maximum atomic E-state index is 6.45. The van der Waals surface area contributed by atoms with Crippen LogP contribution in [0.5, 0.6) is 0 Å². The molecule has 1 heterocycles. The Morgan fingerprint density at radius 1 is 1.15 bits per heavy atom. The van der Waals surface area contributed by atoms with E-state index in [-0.39, 0.29) is 0 Å². The van der Waals surface area contributed by atoms with E-state index in [4.69, 9.17) is 23.8 Å². The average molecular weight is 384 g/mol. The van der Waals surface area contributed by atoms with Crippen molar-refractivity contribution in [3.05, 3.63) is 82.6 Å². The number of aryl methyl sites for hydroxylation is 1. The van der Waals surface area contributed by atoms with Gasteiger partial charge in [-0.1, -0.05) is 60.1 Å². The lowest BCUT2D eigenvalue weighted by Crippen LogP contribution is -2.31. The van der Waals surface area contributed by atoms with E-state index in [1.165, 1.54) is 0 Å². The minimum atomic E-state index is 0.439. The summed E-state index contributed by atoms with van der Waals surface area (Å²) in [7, 11) is 0. The summed E-state index contributed by atoms with van der Waals surface area (Å²) >= 11 is 11.7. The minimum absolute atomic E-state index is 0.439. The van der Waals surface area contributed by atoms with Crippen molar-refractivity contribution in [2.75, 3.05) is 0 Å². The van der Waals surface area contributed by atoms with Crippen molar-refractivity contribution in [1.82, 2.24) is 20.5 Å². The maximum absolute atomic E-state index is 6.45. The number of hydrazone groups is 1. The Balaban J connectivity index is 1.62. The number of nitrogens with one attached hydrogen (secondary N) is 2. The molecular weight excluding hydrogens is 366 g/mol. The molecule has 0 aliphatic heterocycles. The number of thiocarbonyl (C=S) groups is 1.